The van der Waals surface area contributed by atoms with Gasteiger partial charge in [0.05, 0.1) is 17.5 Å². The van der Waals surface area contributed by atoms with E-state index in [-0.39, 0.29) is 18.4 Å². The van der Waals surface area contributed by atoms with Crippen LogP contribution in [0.3, 0.4) is 0 Å². The van der Waals surface area contributed by atoms with Gasteiger partial charge in [0.1, 0.15) is 5.54 Å². The van der Waals surface area contributed by atoms with Gasteiger partial charge in [0.2, 0.25) is 15.9 Å². The number of aryl methyl sites for hydroxylation is 2. The van der Waals surface area contributed by atoms with Gasteiger partial charge in [-0.15, -0.1) is 0 Å². The normalized spacial score (nSPS) is 22.5. The fraction of sp³-hybridized carbons (Fsp3) is 0.619. The molecule has 2 fully saturated rings. The second kappa shape index (κ2) is 7.71. The number of nitrogens with one attached hydrogen (secondary N) is 1. The van der Waals surface area contributed by atoms with Crippen molar-refractivity contribution < 1.29 is 13.2 Å². The smallest absolute Gasteiger partial charge is 0.243 e. The van der Waals surface area contributed by atoms with Crippen LogP contribution in [0, 0.1) is 17.2 Å². The molecular weight excluding hydrogens is 388 g/mol. The summed E-state index contributed by atoms with van der Waals surface area (Å²) in [6, 6.07) is 7.73. The molecule has 4 rings (SSSR count). The molecule has 1 saturated heterocycles. The van der Waals surface area contributed by atoms with Crippen LogP contribution in [0.2, 0.25) is 0 Å². The Morgan fingerprint density at radius 1 is 1.21 bits per heavy atom. The van der Waals surface area contributed by atoms with Gasteiger partial charge >= 0.3 is 0 Å². The first-order valence-corrected chi connectivity index (χ1v) is 11.8. The molecule has 0 radical (unpaired) electrons. The Labute approximate surface area is 172 Å². The Kier molecular flexibility index (Phi) is 5.40. The van der Waals surface area contributed by atoms with Gasteiger partial charge in [-0.3, -0.25) is 9.69 Å². The van der Waals surface area contributed by atoms with Crippen molar-refractivity contribution in [1.82, 2.24) is 14.5 Å². The number of carbonyl (C=O) groups excluding carboxylic acids is 1. The lowest BCUT2D eigenvalue weighted by Gasteiger charge is -2.34. The van der Waals surface area contributed by atoms with Gasteiger partial charge in [-0.2, -0.15) is 9.57 Å². The summed E-state index contributed by atoms with van der Waals surface area (Å²) in [6.45, 7) is 3.71. The third kappa shape index (κ3) is 4.18. The lowest BCUT2D eigenvalue weighted by Crippen LogP contribution is -2.54. The van der Waals surface area contributed by atoms with E-state index in [9.17, 15) is 18.5 Å². The number of carbonyl (C=O) groups is 1. The van der Waals surface area contributed by atoms with Gasteiger partial charge in [-0.25, -0.2) is 8.42 Å². The minimum Gasteiger partial charge on any atom is -0.337 e. The standard InChI is InChI=1S/C21H28N4O3S/c1-21(15-22,18-6-7-18)23-20(26)14-24-9-11-25(12-10-24)29(27,28)19-8-5-16-3-2-4-17(16)13-19/h5,8,13,18H,2-4,6-7,9-12,14H2,1H3,(H,23,26)/t21-/m0/s1. The average molecular weight is 417 g/mol. The number of sulfonamides is 1. The van der Waals surface area contributed by atoms with Crippen LogP contribution in [0.5, 0.6) is 0 Å². The lowest BCUT2D eigenvalue weighted by atomic mass is 9.98. The van der Waals surface area contributed by atoms with E-state index in [1.807, 2.05) is 17.0 Å². The molecule has 29 heavy (non-hydrogen) atoms. The second-order valence-electron chi connectivity index (χ2n) is 8.60. The van der Waals surface area contributed by atoms with Crippen molar-refractivity contribution in [1.29, 1.82) is 5.26 Å². The highest BCUT2D eigenvalue weighted by molar-refractivity contribution is 7.89. The van der Waals surface area contributed by atoms with E-state index in [1.165, 1.54) is 9.87 Å². The molecule has 156 valence electrons. The average Bonchev–Trinajstić information content (AvgIpc) is 3.46. The molecule has 1 saturated carbocycles. The number of nitrogens with zero attached hydrogens (tertiary/aromatic N) is 3. The summed E-state index contributed by atoms with van der Waals surface area (Å²) in [4.78, 5) is 14.7. The van der Waals surface area contributed by atoms with Crippen molar-refractivity contribution in [2.45, 2.75) is 49.5 Å². The predicted octanol–water partition coefficient (Wildman–Crippen LogP) is 1.29. The molecule has 0 unspecified atom stereocenters. The van der Waals surface area contributed by atoms with Crippen LogP contribution in [-0.4, -0.2) is 61.8 Å². The first kappa shape index (κ1) is 20.3. The summed E-state index contributed by atoms with van der Waals surface area (Å²) in [5.41, 5.74) is 1.61. The van der Waals surface area contributed by atoms with Crippen LogP contribution >= 0.6 is 0 Å². The quantitative estimate of drug-likeness (QED) is 0.754. The molecule has 1 heterocycles. The van der Waals surface area contributed by atoms with Crippen molar-refractivity contribution >= 4 is 15.9 Å². The first-order chi connectivity index (χ1) is 13.8. The molecular formula is C21H28N4O3S. The van der Waals surface area contributed by atoms with Crippen molar-refractivity contribution in [2.24, 2.45) is 5.92 Å². The summed E-state index contributed by atoms with van der Waals surface area (Å²) in [6.07, 6.45) is 5.02. The largest absolute Gasteiger partial charge is 0.337 e. The Bertz CT molecular complexity index is 943. The number of benzene rings is 1. The fourth-order valence-electron chi connectivity index (χ4n) is 4.40. The molecule has 1 aromatic rings. The highest BCUT2D eigenvalue weighted by atomic mass is 32.2. The van der Waals surface area contributed by atoms with Gasteiger partial charge in [0.25, 0.3) is 0 Å². The van der Waals surface area contributed by atoms with Crippen molar-refractivity contribution in [2.75, 3.05) is 32.7 Å². The molecule has 1 aromatic carbocycles. The maximum Gasteiger partial charge on any atom is 0.243 e. The van der Waals surface area contributed by atoms with E-state index in [4.69, 9.17) is 0 Å². The summed E-state index contributed by atoms with van der Waals surface area (Å²) in [5.74, 6) is 0.0710. The number of hydrogen-bond acceptors (Lipinski definition) is 5. The maximum atomic E-state index is 13.0. The molecule has 1 aliphatic heterocycles. The van der Waals surface area contributed by atoms with Gasteiger partial charge in [0.15, 0.2) is 0 Å². The van der Waals surface area contributed by atoms with Crippen molar-refractivity contribution in [3.05, 3.63) is 29.3 Å². The number of piperazine rings is 1. The Morgan fingerprint density at radius 3 is 2.55 bits per heavy atom. The molecule has 0 aromatic heterocycles. The molecule has 0 bridgehead atoms. The van der Waals surface area contributed by atoms with Crippen LogP contribution < -0.4 is 5.32 Å². The first-order valence-electron chi connectivity index (χ1n) is 10.4. The van der Waals surface area contributed by atoms with E-state index >= 15 is 0 Å². The third-order valence-electron chi connectivity index (χ3n) is 6.43. The summed E-state index contributed by atoms with van der Waals surface area (Å²) >= 11 is 0. The van der Waals surface area contributed by atoms with E-state index in [1.54, 1.807) is 13.0 Å². The topological polar surface area (TPSA) is 93.5 Å². The summed E-state index contributed by atoms with van der Waals surface area (Å²) in [7, 11) is -3.51. The van der Waals surface area contributed by atoms with Crippen LogP contribution in [0.4, 0.5) is 0 Å². The molecule has 0 spiro atoms. The molecule has 2 aliphatic carbocycles. The summed E-state index contributed by atoms with van der Waals surface area (Å²) < 4.78 is 27.5. The Hall–Kier alpha value is -1.95. The minimum atomic E-state index is -3.51. The minimum absolute atomic E-state index is 0.170. The van der Waals surface area contributed by atoms with Gasteiger partial charge < -0.3 is 5.32 Å². The zero-order chi connectivity index (χ0) is 20.6. The zero-order valence-corrected chi connectivity index (χ0v) is 17.7. The van der Waals surface area contributed by atoms with Crippen LogP contribution in [0.25, 0.3) is 0 Å². The predicted molar refractivity (Wildman–Crippen MR) is 109 cm³/mol. The summed E-state index contributed by atoms with van der Waals surface area (Å²) in [5, 5.41) is 12.3. The van der Waals surface area contributed by atoms with E-state index in [2.05, 4.69) is 11.4 Å². The molecule has 1 amide bonds. The van der Waals surface area contributed by atoms with E-state index in [0.717, 1.165) is 37.7 Å². The SMILES string of the molecule is C[C@@](C#N)(NC(=O)CN1CCN(S(=O)(=O)c2ccc3c(c2)CCC3)CC1)C1CC1. The third-order valence-corrected chi connectivity index (χ3v) is 8.33. The monoisotopic (exact) mass is 416 g/mol. The molecule has 7 nitrogen and oxygen atoms in total. The molecule has 3 aliphatic rings. The van der Waals surface area contributed by atoms with Crippen molar-refractivity contribution in [3.63, 3.8) is 0 Å². The van der Waals surface area contributed by atoms with Gasteiger partial charge in [0, 0.05) is 26.2 Å². The van der Waals surface area contributed by atoms with Gasteiger partial charge in [-0.1, -0.05) is 6.07 Å². The molecule has 1 N–H and O–H groups in total. The van der Waals surface area contributed by atoms with Crippen molar-refractivity contribution in [3.8, 4) is 6.07 Å². The highest BCUT2D eigenvalue weighted by Gasteiger charge is 2.43. The lowest BCUT2D eigenvalue weighted by molar-refractivity contribution is -0.123. The number of fused-ring (bicyclic) bond motifs is 1. The van der Waals surface area contributed by atoms with E-state index in [0.29, 0.717) is 31.1 Å². The fourth-order valence-corrected chi connectivity index (χ4v) is 5.87. The van der Waals surface area contributed by atoms with Crippen LogP contribution in [0.15, 0.2) is 23.1 Å². The Balaban J connectivity index is 1.33. The number of nitriles is 1. The number of rotatable bonds is 6. The van der Waals surface area contributed by atoms with E-state index < -0.39 is 15.6 Å². The zero-order valence-electron chi connectivity index (χ0n) is 16.9. The molecule has 8 heteroatoms. The highest BCUT2D eigenvalue weighted by Crippen LogP contribution is 2.39. The Morgan fingerprint density at radius 2 is 1.90 bits per heavy atom. The molecule has 1 atom stereocenters. The van der Waals surface area contributed by atoms with Crippen LogP contribution in [0.1, 0.15) is 37.3 Å². The van der Waals surface area contributed by atoms with Crippen LogP contribution in [-0.2, 0) is 27.7 Å². The second-order valence-corrected chi connectivity index (χ2v) is 10.5. The maximum absolute atomic E-state index is 13.0. The number of amides is 1. The number of hydrogen-bond donors (Lipinski definition) is 1. The van der Waals surface area contributed by atoms with Gasteiger partial charge in [-0.05, 0) is 68.2 Å².